The summed E-state index contributed by atoms with van der Waals surface area (Å²) in [7, 11) is 0. The van der Waals surface area contributed by atoms with Gasteiger partial charge in [-0.3, -0.25) is 14.6 Å². The van der Waals surface area contributed by atoms with Gasteiger partial charge in [0.25, 0.3) is 0 Å². The lowest BCUT2D eigenvalue weighted by molar-refractivity contribution is 0.0931. The fourth-order valence-corrected chi connectivity index (χ4v) is 3.71. The van der Waals surface area contributed by atoms with Gasteiger partial charge >= 0.3 is 0 Å². The van der Waals surface area contributed by atoms with Crippen LogP contribution >= 0.6 is 0 Å². The van der Waals surface area contributed by atoms with Crippen molar-refractivity contribution in [1.82, 2.24) is 4.98 Å². The van der Waals surface area contributed by atoms with Crippen LogP contribution in [0.1, 0.15) is 55.5 Å². The number of benzene rings is 2. The molecule has 30 heavy (non-hydrogen) atoms. The maximum Gasteiger partial charge on any atom is 0.248 e. The number of carbonyl (C=O) groups excluding carboxylic acids is 2. The molecule has 2 heterocycles. The Morgan fingerprint density at radius 1 is 1.10 bits per heavy atom. The molecule has 6 nitrogen and oxygen atoms in total. The van der Waals surface area contributed by atoms with Crippen LogP contribution in [-0.2, 0) is 0 Å². The van der Waals surface area contributed by atoms with Gasteiger partial charge < -0.3 is 15.2 Å². The summed E-state index contributed by atoms with van der Waals surface area (Å²) >= 11 is 0. The lowest BCUT2D eigenvalue weighted by atomic mass is 9.97. The van der Waals surface area contributed by atoms with Gasteiger partial charge in [0, 0.05) is 29.9 Å². The third-order valence-electron chi connectivity index (χ3n) is 5.26. The Bertz CT molecular complexity index is 1110. The number of aromatic nitrogens is 1. The average Bonchev–Trinajstić information content (AvgIpc) is 2.75. The quantitative estimate of drug-likeness (QED) is 0.698. The van der Waals surface area contributed by atoms with E-state index >= 15 is 0 Å². The van der Waals surface area contributed by atoms with Crippen molar-refractivity contribution in [2.24, 2.45) is 5.73 Å². The van der Waals surface area contributed by atoms with Crippen molar-refractivity contribution in [2.75, 3.05) is 6.61 Å². The molecule has 0 unspecified atom stereocenters. The van der Waals surface area contributed by atoms with Crippen LogP contribution < -0.4 is 15.2 Å². The Kier molecular flexibility index (Phi) is 5.23. The molecule has 6 heteroatoms. The highest BCUT2D eigenvalue weighted by Gasteiger charge is 2.26. The highest BCUT2D eigenvalue weighted by molar-refractivity contribution is 6.00. The Morgan fingerprint density at radius 3 is 2.43 bits per heavy atom. The fourth-order valence-electron chi connectivity index (χ4n) is 3.71. The van der Waals surface area contributed by atoms with E-state index in [2.05, 4.69) is 4.98 Å². The van der Waals surface area contributed by atoms with E-state index in [0.29, 0.717) is 35.7 Å². The van der Waals surface area contributed by atoms with Gasteiger partial charge in [-0.2, -0.15) is 0 Å². The second kappa shape index (κ2) is 7.99. The van der Waals surface area contributed by atoms with E-state index in [1.807, 2.05) is 44.2 Å². The van der Waals surface area contributed by atoms with Gasteiger partial charge in [-0.15, -0.1) is 0 Å². The number of nitrogens with zero attached hydrogens (tertiary/aromatic N) is 1. The molecule has 1 atom stereocenters. The Labute approximate surface area is 174 Å². The van der Waals surface area contributed by atoms with E-state index in [-0.39, 0.29) is 5.78 Å². The standard InChI is InChI=1S/C24H22N2O4/c1-14-13-19-20(27)9-12-29-22(19)15(2)21(14)30-23(17-7-10-26-11-8-17)16-3-5-18(6-4-16)24(25)28/h3-8,10-11,13,23H,9,12H2,1-2H3,(H2,25,28)/t23-/m0/s1. The number of ketones is 1. The molecule has 152 valence electrons. The third-order valence-corrected chi connectivity index (χ3v) is 5.26. The highest BCUT2D eigenvalue weighted by Crippen LogP contribution is 2.40. The van der Waals surface area contributed by atoms with Gasteiger partial charge in [-0.25, -0.2) is 0 Å². The number of aryl methyl sites for hydroxylation is 1. The first-order valence-corrected chi connectivity index (χ1v) is 9.72. The monoisotopic (exact) mass is 402 g/mol. The molecule has 1 aromatic heterocycles. The molecule has 0 aliphatic carbocycles. The van der Waals surface area contributed by atoms with Gasteiger partial charge in [0.1, 0.15) is 17.6 Å². The average molecular weight is 402 g/mol. The van der Waals surface area contributed by atoms with E-state index in [1.165, 1.54) is 0 Å². The largest absolute Gasteiger partial charge is 0.492 e. The van der Waals surface area contributed by atoms with E-state index in [4.69, 9.17) is 15.2 Å². The summed E-state index contributed by atoms with van der Waals surface area (Å²) in [4.78, 5) is 27.8. The molecule has 0 bridgehead atoms. The van der Waals surface area contributed by atoms with Crippen LogP contribution in [0.25, 0.3) is 0 Å². The first-order chi connectivity index (χ1) is 14.5. The van der Waals surface area contributed by atoms with Crippen LogP contribution in [0.2, 0.25) is 0 Å². The summed E-state index contributed by atoms with van der Waals surface area (Å²) < 4.78 is 12.3. The number of fused-ring (bicyclic) bond motifs is 1. The number of pyridine rings is 1. The summed E-state index contributed by atoms with van der Waals surface area (Å²) in [5.41, 5.74) is 9.83. The predicted molar refractivity (Wildman–Crippen MR) is 112 cm³/mol. The molecule has 1 aliphatic heterocycles. The maximum atomic E-state index is 12.3. The number of rotatable bonds is 5. The van der Waals surface area contributed by atoms with Crippen LogP contribution in [0.4, 0.5) is 0 Å². The molecule has 2 aromatic carbocycles. The van der Waals surface area contributed by atoms with Crippen molar-refractivity contribution in [3.63, 3.8) is 0 Å². The van der Waals surface area contributed by atoms with Gasteiger partial charge in [0.05, 0.1) is 12.2 Å². The van der Waals surface area contributed by atoms with E-state index < -0.39 is 12.0 Å². The normalized spacial score (nSPS) is 13.9. The van der Waals surface area contributed by atoms with Gasteiger partial charge in [0.15, 0.2) is 5.78 Å². The number of amides is 1. The molecule has 1 amide bonds. The van der Waals surface area contributed by atoms with Crippen molar-refractivity contribution < 1.29 is 19.1 Å². The van der Waals surface area contributed by atoms with E-state index in [9.17, 15) is 9.59 Å². The number of ether oxygens (including phenoxy) is 2. The van der Waals surface area contributed by atoms with E-state index in [1.54, 1.807) is 24.5 Å². The number of carbonyl (C=O) groups is 2. The lowest BCUT2D eigenvalue weighted by Crippen LogP contribution is -2.18. The zero-order chi connectivity index (χ0) is 21.3. The van der Waals surface area contributed by atoms with Crippen LogP contribution in [0, 0.1) is 13.8 Å². The summed E-state index contributed by atoms with van der Waals surface area (Å²) in [6, 6.07) is 12.6. The number of nitrogens with two attached hydrogens (primary N) is 1. The third kappa shape index (κ3) is 3.64. The van der Waals surface area contributed by atoms with Gasteiger partial charge in [-0.05, 0) is 60.9 Å². The van der Waals surface area contributed by atoms with Crippen molar-refractivity contribution in [1.29, 1.82) is 0 Å². The smallest absolute Gasteiger partial charge is 0.248 e. The number of primary amides is 1. The van der Waals surface area contributed by atoms with Crippen molar-refractivity contribution in [2.45, 2.75) is 26.4 Å². The molecular formula is C24H22N2O4. The molecule has 1 aliphatic rings. The fraction of sp³-hybridized carbons (Fsp3) is 0.208. The number of hydrogen-bond acceptors (Lipinski definition) is 5. The minimum atomic E-state index is -0.480. The Morgan fingerprint density at radius 2 is 1.77 bits per heavy atom. The SMILES string of the molecule is Cc1cc2c(c(C)c1O[C@H](c1ccncc1)c1ccc(C(N)=O)cc1)OCCC2=O. The second-order valence-electron chi connectivity index (χ2n) is 7.31. The van der Waals surface area contributed by atoms with Crippen LogP contribution in [-0.4, -0.2) is 23.3 Å². The number of Topliss-reactive ketones (excluding diaryl/α,β-unsaturated/α-hetero) is 1. The first-order valence-electron chi connectivity index (χ1n) is 9.72. The van der Waals surface area contributed by atoms with Gasteiger partial charge in [0.2, 0.25) is 5.91 Å². The highest BCUT2D eigenvalue weighted by atomic mass is 16.5. The lowest BCUT2D eigenvalue weighted by Gasteiger charge is -2.26. The zero-order valence-corrected chi connectivity index (χ0v) is 16.8. The molecular weight excluding hydrogens is 380 g/mol. The summed E-state index contributed by atoms with van der Waals surface area (Å²) in [5, 5.41) is 0. The van der Waals surface area contributed by atoms with Crippen LogP contribution in [0.15, 0.2) is 54.9 Å². The first kappa shape index (κ1) is 19.6. The van der Waals surface area contributed by atoms with Crippen molar-refractivity contribution >= 4 is 11.7 Å². The van der Waals surface area contributed by atoms with Crippen molar-refractivity contribution in [3.8, 4) is 11.5 Å². The van der Waals surface area contributed by atoms with E-state index in [0.717, 1.165) is 22.3 Å². The Hall–Kier alpha value is -3.67. The number of hydrogen-bond donors (Lipinski definition) is 1. The van der Waals surface area contributed by atoms with Crippen molar-refractivity contribution in [3.05, 3.63) is 88.2 Å². The molecule has 2 N–H and O–H groups in total. The Balaban J connectivity index is 1.78. The van der Waals surface area contributed by atoms with Crippen LogP contribution in [0.5, 0.6) is 11.5 Å². The molecule has 0 saturated carbocycles. The van der Waals surface area contributed by atoms with Crippen LogP contribution in [0.3, 0.4) is 0 Å². The molecule has 3 aromatic rings. The molecule has 4 rings (SSSR count). The topological polar surface area (TPSA) is 91.5 Å². The predicted octanol–water partition coefficient (Wildman–Crippen LogP) is 3.93. The summed E-state index contributed by atoms with van der Waals surface area (Å²) in [6.45, 7) is 4.20. The summed E-state index contributed by atoms with van der Waals surface area (Å²) in [5.74, 6) is 0.862. The molecule has 0 radical (unpaired) electrons. The zero-order valence-electron chi connectivity index (χ0n) is 16.8. The van der Waals surface area contributed by atoms with Gasteiger partial charge in [-0.1, -0.05) is 12.1 Å². The second-order valence-corrected chi connectivity index (χ2v) is 7.31. The molecule has 0 saturated heterocycles. The maximum absolute atomic E-state index is 12.3. The molecule has 0 spiro atoms. The minimum Gasteiger partial charge on any atom is -0.492 e. The molecule has 0 fully saturated rings. The summed E-state index contributed by atoms with van der Waals surface area (Å²) in [6.07, 6.45) is 3.36. The minimum absolute atomic E-state index is 0.0849.